The molecule has 0 bridgehead atoms. The number of aromatic carboxylic acids is 1. The van der Waals surface area contributed by atoms with Gasteiger partial charge in [-0.15, -0.1) is 12.3 Å². The van der Waals surface area contributed by atoms with Crippen LogP contribution in [0.4, 0.5) is 5.69 Å². The molecule has 0 unspecified atom stereocenters. The van der Waals surface area contributed by atoms with Gasteiger partial charge in [-0.25, -0.2) is 4.79 Å². The molecule has 1 N–H and O–H groups in total. The van der Waals surface area contributed by atoms with Crippen LogP contribution in [0.25, 0.3) is 0 Å². The lowest BCUT2D eigenvalue weighted by Gasteiger charge is -2.31. The van der Waals surface area contributed by atoms with Crippen molar-refractivity contribution in [3.05, 3.63) is 29.3 Å². The number of carboxylic acids is 1. The number of anilines is 1. The molecule has 1 heterocycles. The van der Waals surface area contributed by atoms with Gasteiger partial charge in [-0.05, 0) is 30.5 Å². The molecule has 0 spiro atoms. The first kappa shape index (κ1) is 11.5. The molecule has 0 fully saturated rings. The van der Waals surface area contributed by atoms with Crippen molar-refractivity contribution in [2.24, 2.45) is 0 Å². The largest absolute Gasteiger partial charge is 0.478 e. The minimum Gasteiger partial charge on any atom is -0.478 e. The first-order valence-electron chi connectivity index (χ1n) is 5.77. The number of hydrogen-bond donors (Lipinski definition) is 1. The van der Waals surface area contributed by atoms with Crippen LogP contribution in [0, 0.1) is 12.3 Å². The van der Waals surface area contributed by atoms with Crippen LogP contribution in [0.5, 0.6) is 0 Å². The van der Waals surface area contributed by atoms with Crippen molar-refractivity contribution in [3.8, 4) is 12.3 Å². The van der Waals surface area contributed by atoms with Gasteiger partial charge in [0.2, 0.25) is 0 Å². The Balaban J connectivity index is 2.36. The van der Waals surface area contributed by atoms with E-state index in [2.05, 4.69) is 10.8 Å². The van der Waals surface area contributed by atoms with E-state index in [0.717, 1.165) is 37.2 Å². The van der Waals surface area contributed by atoms with E-state index < -0.39 is 5.97 Å². The Morgan fingerprint density at radius 1 is 1.53 bits per heavy atom. The Morgan fingerprint density at radius 3 is 3.06 bits per heavy atom. The normalized spacial score (nSPS) is 13.9. The molecule has 0 saturated heterocycles. The van der Waals surface area contributed by atoms with Crippen molar-refractivity contribution in [1.82, 2.24) is 0 Å². The summed E-state index contributed by atoms with van der Waals surface area (Å²) in [5.41, 5.74) is 2.41. The first-order valence-corrected chi connectivity index (χ1v) is 5.77. The Kier molecular flexibility index (Phi) is 3.34. The lowest BCUT2D eigenvalue weighted by atomic mass is 9.96. The molecule has 0 amide bonds. The topological polar surface area (TPSA) is 40.5 Å². The van der Waals surface area contributed by atoms with Gasteiger partial charge in [-0.2, -0.15) is 0 Å². The maximum atomic E-state index is 11.1. The zero-order valence-electron chi connectivity index (χ0n) is 9.65. The predicted molar refractivity (Wildman–Crippen MR) is 67.4 cm³/mol. The van der Waals surface area contributed by atoms with Crippen LogP contribution in [0.2, 0.25) is 0 Å². The molecule has 17 heavy (non-hydrogen) atoms. The average Bonchev–Trinajstić information content (AvgIpc) is 2.35. The van der Waals surface area contributed by atoms with Crippen molar-refractivity contribution in [2.75, 3.05) is 18.0 Å². The lowest BCUT2D eigenvalue weighted by molar-refractivity contribution is 0.0695. The zero-order valence-corrected chi connectivity index (χ0v) is 9.65. The van der Waals surface area contributed by atoms with Crippen LogP contribution >= 0.6 is 0 Å². The molecule has 3 heteroatoms. The monoisotopic (exact) mass is 229 g/mol. The molecule has 1 aromatic rings. The van der Waals surface area contributed by atoms with Crippen molar-refractivity contribution in [1.29, 1.82) is 0 Å². The average molecular weight is 229 g/mol. The van der Waals surface area contributed by atoms with Gasteiger partial charge >= 0.3 is 5.97 Å². The van der Waals surface area contributed by atoms with Gasteiger partial charge in [0.15, 0.2) is 0 Å². The van der Waals surface area contributed by atoms with E-state index in [1.54, 1.807) is 12.1 Å². The molecule has 2 rings (SSSR count). The maximum absolute atomic E-state index is 11.1. The number of benzene rings is 1. The smallest absolute Gasteiger partial charge is 0.336 e. The maximum Gasteiger partial charge on any atom is 0.336 e. The summed E-state index contributed by atoms with van der Waals surface area (Å²) < 4.78 is 0. The predicted octanol–water partition coefficient (Wildman–Crippen LogP) is 2.16. The second-order valence-electron chi connectivity index (χ2n) is 4.15. The molecule has 0 aliphatic carbocycles. The van der Waals surface area contributed by atoms with Crippen LogP contribution < -0.4 is 4.90 Å². The summed E-state index contributed by atoms with van der Waals surface area (Å²) in [6.45, 7) is 1.75. The molecular weight excluding hydrogens is 214 g/mol. The fraction of sp³-hybridized carbons (Fsp3) is 0.357. The van der Waals surface area contributed by atoms with E-state index in [-0.39, 0.29) is 0 Å². The Labute approximate surface area is 101 Å². The number of nitrogens with zero attached hydrogens (tertiary/aromatic N) is 1. The molecule has 1 aromatic carbocycles. The minimum atomic E-state index is -0.847. The second-order valence-corrected chi connectivity index (χ2v) is 4.15. The van der Waals surface area contributed by atoms with Crippen LogP contribution in [0.15, 0.2) is 18.2 Å². The highest BCUT2D eigenvalue weighted by Crippen LogP contribution is 2.29. The van der Waals surface area contributed by atoms with Crippen LogP contribution in [-0.2, 0) is 6.42 Å². The molecule has 0 aromatic heterocycles. The summed E-state index contributed by atoms with van der Waals surface area (Å²) in [7, 11) is 0. The highest BCUT2D eigenvalue weighted by molar-refractivity contribution is 5.91. The molecule has 1 aliphatic heterocycles. The zero-order chi connectivity index (χ0) is 12.3. The van der Waals surface area contributed by atoms with E-state index in [1.807, 2.05) is 6.07 Å². The summed E-state index contributed by atoms with van der Waals surface area (Å²) in [4.78, 5) is 13.3. The molecule has 3 nitrogen and oxygen atoms in total. The van der Waals surface area contributed by atoms with Crippen LogP contribution in [0.3, 0.4) is 0 Å². The van der Waals surface area contributed by atoms with Crippen molar-refractivity contribution >= 4 is 11.7 Å². The van der Waals surface area contributed by atoms with Gasteiger partial charge in [0.05, 0.1) is 5.56 Å². The number of terminal acetylenes is 1. The number of carboxylic acid groups (broad SMARTS) is 1. The SMILES string of the molecule is C#CCCN1CCCc2c(C(=O)O)cccc21. The summed E-state index contributed by atoms with van der Waals surface area (Å²) in [5, 5.41) is 9.15. The van der Waals surface area contributed by atoms with Gasteiger partial charge in [0.1, 0.15) is 0 Å². The molecular formula is C14H15NO2. The standard InChI is InChI=1S/C14H15NO2/c1-2-3-9-15-10-5-7-11-12(14(16)17)6-4-8-13(11)15/h1,4,6,8H,3,5,7,9-10H2,(H,16,17). The van der Waals surface area contributed by atoms with Gasteiger partial charge in [-0.3, -0.25) is 0 Å². The first-order chi connectivity index (χ1) is 8.24. The number of rotatable bonds is 3. The highest BCUT2D eigenvalue weighted by Gasteiger charge is 2.21. The van der Waals surface area contributed by atoms with Crippen molar-refractivity contribution in [2.45, 2.75) is 19.3 Å². The minimum absolute atomic E-state index is 0.424. The molecule has 1 aliphatic rings. The van der Waals surface area contributed by atoms with E-state index in [0.29, 0.717) is 12.0 Å². The fourth-order valence-corrected chi connectivity index (χ4v) is 2.33. The summed E-state index contributed by atoms with van der Waals surface area (Å²) in [6, 6.07) is 5.46. The Morgan fingerprint density at radius 2 is 2.35 bits per heavy atom. The van der Waals surface area contributed by atoms with E-state index in [9.17, 15) is 4.79 Å². The quantitative estimate of drug-likeness (QED) is 0.807. The molecule has 88 valence electrons. The third kappa shape index (κ3) is 2.26. The summed E-state index contributed by atoms with van der Waals surface area (Å²) in [5.74, 6) is 1.78. The van der Waals surface area contributed by atoms with E-state index in [1.165, 1.54) is 0 Å². The highest BCUT2D eigenvalue weighted by atomic mass is 16.4. The van der Waals surface area contributed by atoms with Crippen molar-refractivity contribution < 1.29 is 9.90 Å². The second kappa shape index (κ2) is 4.92. The molecule has 0 atom stereocenters. The third-order valence-corrected chi connectivity index (χ3v) is 3.10. The third-order valence-electron chi connectivity index (χ3n) is 3.10. The van der Waals surface area contributed by atoms with Crippen LogP contribution in [-0.4, -0.2) is 24.2 Å². The Bertz CT molecular complexity index is 474. The molecule has 0 radical (unpaired) electrons. The number of carbonyl (C=O) groups is 1. The fourth-order valence-electron chi connectivity index (χ4n) is 2.33. The lowest BCUT2D eigenvalue weighted by Crippen LogP contribution is -2.31. The Hall–Kier alpha value is -1.95. The number of fused-ring (bicyclic) bond motifs is 1. The van der Waals surface area contributed by atoms with Gasteiger partial charge in [0, 0.05) is 25.2 Å². The number of hydrogen-bond acceptors (Lipinski definition) is 2. The summed E-state index contributed by atoms with van der Waals surface area (Å²) >= 11 is 0. The van der Waals surface area contributed by atoms with Crippen LogP contribution in [0.1, 0.15) is 28.8 Å². The van der Waals surface area contributed by atoms with Gasteiger partial charge in [0.25, 0.3) is 0 Å². The molecule has 0 saturated carbocycles. The van der Waals surface area contributed by atoms with E-state index >= 15 is 0 Å². The van der Waals surface area contributed by atoms with Gasteiger partial charge in [-0.1, -0.05) is 6.07 Å². The van der Waals surface area contributed by atoms with Gasteiger partial charge < -0.3 is 10.0 Å². The van der Waals surface area contributed by atoms with Crippen molar-refractivity contribution in [3.63, 3.8) is 0 Å². The van der Waals surface area contributed by atoms with E-state index in [4.69, 9.17) is 11.5 Å². The summed E-state index contributed by atoms with van der Waals surface area (Å²) in [6.07, 6.45) is 7.79.